The fraction of sp³-hybridized carbons (Fsp3) is 0.435. The van der Waals surface area contributed by atoms with Crippen molar-refractivity contribution in [2.45, 2.75) is 36.1 Å². The van der Waals surface area contributed by atoms with Gasteiger partial charge in [0.15, 0.2) is 10.7 Å². The Bertz CT molecular complexity index is 1690. The fourth-order valence-corrected chi connectivity index (χ4v) is 6.85. The van der Waals surface area contributed by atoms with Crippen molar-refractivity contribution in [2.75, 3.05) is 31.7 Å². The summed E-state index contributed by atoms with van der Waals surface area (Å²) in [6.45, 7) is 2.04. The van der Waals surface area contributed by atoms with Gasteiger partial charge in [0, 0.05) is 31.5 Å². The molecule has 15 heteroatoms. The zero-order chi connectivity index (χ0) is 26.7. The lowest BCUT2D eigenvalue weighted by atomic mass is 10.1. The van der Waals surface area contributed by atoms with E-state index in [1.165, 1.54) is 23.0 Å². The molecule has 1 saturated heterocycles. The van der Waals surface area contributed by atoms with Crippen LogP contribution in [-0.4, -0.2) is 65.5 Å². The van der Waals surface area contributed by atoms with Crippen LogP contribution in [0.25, 0.3) is 27.1 Å². The zero-order valence-corrected chi connectivity index (χ0v) is 21.8. The Morgan fingerprint density at radius 1 is 1.34 bits per heavy atom. The predicted molar refractivity (Wildman–Crippen MR) is 135 cm³/mol. The Balaban J connectivity index is 1.54. The van der Waals surface area contributed by atoms with E-state index < -0.39 is 27.0 Å². The number of nitrogens with zero attached hydrogens (tertiary/aromatic N) is 7. The summed E-state index contributed by atoms with van der Waals surface area (Å²) in [5.41, 5.74) is -0.326. The second-order valence-electron chi connectivity index (χ2n) is 9.54. The summed E-state index contributed by atoms with van der Waals surface area (Å²) in [5, 5.41) is 17.9. The van der Waals surface area contributed by atoms with E-state index in [1.54, 1.807) is 6.07 Å². The van der Waals surface area contributed by atoms with Crippen LogP contribution in [0.2, 0.25) is 0 Å². The molecule has 4 heterocycles. The van der Waals surface area contributed by atoms with Gasteiger partial charge in [-0.05, 0) is 31.4 Å². The molecule has 1 aliphatic heterocycles. The number of anilines is 1. The van der Waals surface area contributed by atoms with Crippen LogP contribution in [0.1, 0.15) is 30.7 Å². The second-order valence-corrected chi connectivity index (χ2v) is 12.2. The summed E-state index contributed by atoms with van der Waals surface area (Å²) in [6, 6.07) is 6.55. The molecule has 1 saturated carbocycles. The quantitative estimate of drug-likeness (QED) is 0.344. The van der Waals surface area contributed by atoms with Gasteiger partial charge in [-0.1, -0.05) is 17.4 Å². The number of rotatable bonds is 8. The third-order valence-electron chi connectivity index (χ3n) is 6.83. The number of fused-ring (bicyclic) bond motifs is 3. The molecule has 1 N–H and O–H groups in total. The maximum atomic E-state index is 13.4. The first kappa shape index (κ1) is 25.0. The van der Waals surface area contributed by atoms with Crippen LogP contribution in [-0.2, 0) is 14.8 Å². The summed E-state index contributed by atoms with van der Waals surface area (Å²) < 4.78 is 62.6. The zero-order valence-electron chi connectivity index (χ0n) is 20.1. The van der Waals surface area contributed by atoms with Gasteiger partial charge in [-0.3, -0.25) is 4.57 Å². The Labute approximate surface area is 220 Å². The van der Waals surface area contributed by atoms with Crippen molar-refractivity contribution in [3.63, 3.8) is 0 Å². The molecule has 3 aromatic heterocycles. The van der Waals surface area contributed by atoms with E-state index in [0.29, 0.717) is 77.6 Å². The molecule has 0 bridgehead atoms. The summed E-state index contributed by atoms with van der Waals surface area (Å²) in [6.07, 6.45) is 0.375. The van der Waals surface area contributed by atoms with Gasteiger partial charge >= 0.3 is 0 Å². The minimum absolute atomic E-state index is 0.0693. The monoisotopic (exact) mass is 560 g/mol. The number of nitrogens with one attached hydrogen (secondary N) is 1. The number of ether oxygens (including phenoxy) is 1. The highest BCUT2D eigenvalue weighted by Crippen LogP contribution is 2.39. The molecule has 4 aromatic rings. The van der Waals surface area contributed by atoms with Gasteiger partial charge in [-0.25, -0.2) is 27.2 Å². The minimum Gasteiger partial charge on any atom is -0.381 e. The lowest BCUT2D eigenvalue weighted by molar-refractivity contribution is 0.150. The number of hydrogen-bond acceptors (Lipinski definition) is 10. The van der Waals surface area contributed by atoms with Crippen LogP contribution in [0.15, 0.2) is 29.4 Å². The van der Waals surface area contributed by atoms with Crippen LogP contribution in [0.4, 0.5) is 14.6 Å². The highest BCUT2D eigenvalue weighted by molar-refractivity contribution is 7.89. The van der Waals surface area contributed by atoms with E-state index in [0.717, 1.165) is 6.42 Å². The molecule has 1 aliphatic carbocycles. The normalized spacial score (nSPS) is 18.9. The Morgan fingerprint density at radius 2 is 2.16 bits per heavy atom. The van der Waals surface area contributed by atoms with Gasteiger partial charge < -0.3 is 9.64 Å². The van der Waals surface area contributed by atoms with Crippen LogP contribution in [0.3, 0.4) is 0 Å². The van der Waals surface area contributed by atoms with Crippen LogP contribution >= 0.6 is 11.3 Å². The molecular weight excluding hydrogens is 538 g/mol. The summed E-state index contributed by atoms with van der Waals surface area (Å²) in [7, 11) is -2.14. The predicted octanol–water partition coefficient (Wildman–Crippen LogP) is 3.17. The average molecular weight is 561 g/mol. The number of sulfonamides is 1. The van der Waals surface area contributed by atoms with Crippen LogP contribution < -0.4 is 9.62 Å². The summed E-state index contributed by atoms with van der Waals surface area (Å²) in [4.78, 5) is 10.9. The first-order valence-corrected chi connectivity index (χ1v) is 14.2. The van der Waals surface area contributed by atoms with E-state index >= 15 is 0 Å². The summed E-state index contributed by atoms with van der Waals surface area (Å²) in [5.74, 6) is 0.937. The molecule has 2 aliphatic rings. The molecule has 38 heavy (non-hydrogen) atoms. The van der Waals surface area contributed by atoms with E-state index in [4.69, 9.17) is 4.74 Å². The van der Waals surface area contributed by atoms with Crippen molar-refractivity contribution in [1.82, 2.24) is 29.5 Å². The fourth-order valence-electron chi connectivity index (χ4n) is 4.73. The van der Waals surface area contributed by atoms with Crippen molar-refractivity contribution in [1.29, 1.82) is 5.26 Å². The van der Waals surface area contributed by atoms with Crippen molar-refractivity contribution in [2.24, 2.45) is 5.92 Å². The van der Waals surface area contributed by atoms with Crippen molar-refractivity contribution in [3.8, 4) is 11.2 Å². The van der Waals surface area contributed by atoms with E-state index in [1.807, 2.05) is 18.0 Å². The maximum Gasteiger partial charge on any atom is 0.291 e. The van der Waals surface area contributed by atoms with Crippen LogP contribution in [0, 0.1) is 17.2 Å². The van der Waals surface area contributed by atoms with Gasteiger partial charge in [-0.2, -0.15) is 9.98 Å². The van der Waals surface area contributed by atoms with Crippen molar-refractivity contribution >= 4 is 49.1 Å². The van der Waals surface area contributed by atoms with E-state index in [-0.39, 0.29) is 10.0 Å². The Kier molecular flexibility index (Phi) is 6.02. The highest BCUT2D eigenvalue weighted by Gasteiger charge is 2.46. The standard InChI is InChI=1S/C23H22F2N8O3S2/c1-32(9-13-4-7-36-10-13)19-17-15-3-2-14(38(34,35)31-23(11-26)5-6-23)8-16(15)33(20(17)28-12-27-19)22-30-29-21(37-22)18(24)25/h2-3,8,12-13,18,31H,4-7,9-10H2,1H3. The Morgan fingerprint density at radius 3 is 2.82 bits per heavy atom. The second kappa shape index (κ2) is 9.16. The molecule has 1 aromatic carbocycles. The molecule has 198 valence electrons. The first-order valence-electron chi connectivity index (χ1n) is 11.9. The number of nitriles is 1. The smallest absolute Gasteiger partial charge is 0.291 e. The largest absolute Gasteiger partial charge is 0.381 e. The third-order valence-corrected chi connectivity index (χ3v) is 9.28. The van der Waals surface area contributed by atoms with Gasteiger partial charge in [-0.15, -0.1) is 10.2 Å². The number of benzene rings is 1. The number of alkyl halides is 2. The first-order chi connectivity index (χ1) is 18.2. The molecule has 1 atom stereocenters. The Hall–Kier alpha value is -3.32. The van der Waals surface area contributed by atoms with Crippen LogP contribution in [0.5, 0.6) is 0 Å². The topological polar surface area (TPSA) is 139 Å². The third kappa shape index (κ3) is 4.27. The SMILES string of the molecule is CN(CC1CCOC1)c1ncnc2c1c1ccc(S(=O)(=O)NC3(C#N)CC3)cc1n2-c1nnc(C(F)F)s1. The summed E-state index contributed by atoms with van der Waals surface area (Å²) >= 11 is 0.698. The molecule has 0 spiro atoms. The molecule has 2 fully saturated rings. The van der Waals surface area contributed by atoms with Crippen molar-refractivity contribution in [3.05, 3.63) is 29.5 Å². The van der Waals surface area contributed by atoms with Gasteiger partial charge in [0.2, 0.25) is 15.2 Å². The lowest BCUT2D eigenvalue weighted by Crippen LogP contribution is -2.35. The lowest BCUT2D eigenvalue weighted by Gasteiger charge is -2.22. The molecular formula is C23H22F2N8O3S2. The van der Waals surface area contributed by atoms with E-state index in [2.05, 4.69) is 24.9 Å². The average Bonchev–Trinajstić information content (AvgIpc) is 3.26. The maximum absolute atomic E-state index is 13.4. The molecule has 0 radical (unpaired) electrons. The number of hydrogen-bond donors (Lipinski definition) is 1. The van der Waals surface area contributed by atoms with Gasteiger partial charge in [0.1, 0.15) is 17.7 Å². The molecule has 1 unspecified atom stereocenters. The highest BCUT2D eigenvalue weighted by atomic mass is 32.2. The minimum atomic E-state index is -4.04. The van der Waals surface area contributed by atoms with Gasteiger partial charge in [0.05, 0.1) is 28.5 Å². The number of aromatic nitrogens is 5. The van der Waals surface area contributed by atoms with Crippen molar-refractivity contribution < 1.29 is 21.9 Å². The van der Waals surface area contributed by atoms with E-state index in [9.17, 15) is 22.5 Å². The molecule has 0 amide bonds. The van der Waals surface area contributed by atoms with Gasteiger partial charge in [0.25, 0.3) is 6.43 Å². The molecule has 6 rings (SSSR count). The number of halogens is 2. The molecule has 11 nitrogen and oxygen atoms in total.